The summed E-state index contributed by atoms with van der Waals surface area (Å²) in [5.41, 5.74) is 0.859. The number of hydrogen-bond donors (Lipinski definition) is 1. The van der Waals surface area contributed by atoms with Crippen molar-refractivity contribution in [2.75, 3.05) is 19.3 Å². The number of rotatable bonds is 6. The summed E-state index contributed by atoms with van der Waals surface area (Å²) >= 11 is 0. The molecule has 8 heteroatoms. The number of aromatic nitrogens is 2. The number of benzene rings is 1. The second-order valence-electron chi connectivity index (χ2n) is 6.73. The minimum atomic E-state index is -3.29. The summed E-state index contributed by atoms with van der Waals surface area (Å²) in [4.78, 5) is 14.4. The summed E-state index contributed by atoms with van der Waals surface area (Å²) in [6.45, 7) is 3.23. The van der Waals surface area contributed by atoms with Crippen LogP contribution in [0.3, 0.4) is 0 Å². The molecule has 3 rings (SSSR count). The number of nitrogens with one attached hydrogen (secondary N) is 1. The molecule has 1 aromatic carbocycles. The number of fused-ring (bicyclic) bond motifs is 1. The van der Waals surface area contributed by atoms with E-state index in [4.69, 9.17) is 0 Å². The lowest BCUT2D eigenvalue weighted by Gasteiger charge is -2.17. The van der Waals surface area contributed by atoms with Crippen molar-refractivity contribution >= 4 is 26.8 Å². The van der Waals surface area contributed by atoms with Gasteiger partial charge < -0.3 is 4.90 Å². The van der Waals surface area contributed by atoms with Crippen molar-refractivity contribution in [3.05, 3.63) is 30.5 Å². The van der Waals surface area contributed by atoms with Crippen molar-refractivity contribution in [3.8, 4) is 0 Å². The molecular formula is C17H24N4O3S. The van der Waals surface area contributed by atoms with Crippen molar-refractivity contribution in [3.63, 3.8) is 0 Å². The van der Waals surface area contributed by atoms with Gasteiger partial charge in [0.15, 0.2) is 0 Å². The van der Waals surface area contributed by atoms with E-state index in [1.54, 1.807) is 9.58 Å². The van der Waals surface area contributed by atoms with Gasteiger partial charge >= 0.3 is 0 Å². The average molecular weight is 364 g/mol. The highest BCUT2D eigenvalue weighted by atomic mass is 32.2. The molecule has 0 aliphatic carbocycles. The van der Waals surface area contributed by atoms with Gasteiger partial charge in [0.2, 0.25) is 15.9 Å². The fourth-order valence-electron chi connectivity index (χ4n) is 3.48. The molecule has 1 aliphatic rings. The summed E-state index contributed by atoms with van der Waals surface area (Å²) in [6.07, 6.45) is 4.87. The molecule has 1 N–H and O–H groups in total. The highest BCUT2D eigenvalue weighted by molar-refractivity contribution is 7.88. The van der Waals surface area contributed by atoms with Gasteiger partial charge in [-0.05, 0) is 18.4 Å². The number of amides is 1. The highest BCUT2D eigenvalue weighted by Crippen LogP contribution is 2.23. The molecule has 0 unspecified atom stereocenters. The predicted octanol–water partition coefficient (Wildman–Crippen LogP) is 1.21. The number of likely N-dealkylation sites (tertiary alicyclic amines) is 1. The predicted molar refractivity (Wildman–Crippen MR) is 96.5 cm³/mol. The van der Waals surface area contributed by atoms with E-state index in [1.165, 1.54) is 0 Å². The van der Waals surface area contributed by atoms with Crippen molar-refractivity contribution in [2.24, 2.45) is 5.92 Å². The topological polar surface area (TPSA) is 84.3 Å². The van der Waals surface area contributed by atoms with Gasteiger partial charge in [0.05, 0.1) is 11.8 Å². The molecule has 1 fully saturated rings. The van der Waals surface area contributed by atoms with Crippen LogP contribution in [0, 0.1) is 5.92 Å². The molecule has 1 aromatic heterocycles. The van der Waals surface area contributed by atoms with Crippen LogP contribution in [0.15, 0.2) is 30.5 Å². The molecule has 0 saturated carbocycles. The van der Waals surface area contributed by atoms with Gasteiger partial charge in [-0.1, -0.05) is 31.5 Å². The van der Waals surface area contributed by atoms with Crippen molar-refractivity contribution in [1.82, 2.24) is 19.4 Å². The maximum atomic E-state index is 12.6. The molecule has 1 amide bonds. The zero-order valence-corrected chi connectivity index (χ0v) is 15.4. The third kappa shape index (κ3) is 4.38. The van der Waals surface area contributed by atoms with Gasteiger partial charge in [-0.15, -0.1) is 0 Å². The second-order valence-corrected chi connectivity index (χ2v) is 8.51. The Morgan fingerprint density at radius 3 is 2.76 bits per heavy atom. The van der Waals surface area contributed by atoms with Crippen LogP contribution in [0.5, 0.6) is 0 Å². The normalized spacial score (nSPS) is 21.1. The van der Waals surface area contributed by atoms with E-state index in [-0.39, 0.29) is 24.4 Å². The largest absolute Gasteiger partial charge is 0.339 e. The van der Waals surface area contributed by atoms with Crippen LogP contribution < -0.4 is 4.72 Å². The average Bonchev–Trinajstić information content (AvgIpc) is 3.10. The minimum Gasteiger partial charge on any atom is -0.339 e. The molecule has 25 heavy (non-hydrogen) atoms. The maximum Gasteiger partial charge on any atom is 0.244 e. The Morgan fingerprint density at radius 1 is 1.32 bits per heavy atom. The van der Waals surface area contributed by atoms with Gasteiger partial charge in [-0.2, -0.15) is 5.10 Å². The molecule has 0 bridgehead atoms. The number of sulfonamides is 1. The van der Waals surface area contributed by atoms with Gasteiger partial charge in [-0.3, -0.25) is 9.48 Å². The zero-order chi connectivity index (χ0) is 18.0. The molecule has 136 valence electrons. The van der Waals surface area contributed by atoms with E-state index in [2.05, 4.69) is 16.7 Å². The van der Waals surface area contributed by atoms with Crippen LogP contribution in [0.4, 0.5) is 0 Å². The molecule has 0 spiro atoms. The molecular weight excluding hydrogens is 340 g/mol. The Kier molecular flexibility index (Phi) is 5.10. The van der Waals surface area contributed by atoms with E-state index >= 15 is 0 Å². The van der Waals surface area contributed by atoms with Gasteiger partial charge in [-0.25, -0.2) is 13.1 Å². The summed E-state index contributed by atoms with van der Waals surface area (Å²) in [5, 5.41) is 5.41. The second kappa shape index (κ2) is 7.13. The molecule has 1 saturated heterocycles. The fraction of sp³-hybridized carbons (Fsp3) is 0.529. The van der Waals surface area contributed by atoms with E-state index in [1.807, 2.05) is 30.5 Å². The lowest BCUT2D eigenvalue weighted by Crippen LogP contribution is -2.40. The van der Waals surface area contributed by atoms with Crippen molar-refractivity contribution < 1.29 is 13.2 Å². The minimum absolute atomic E-state index is 0.0355. The first-order valence-electron chi connectivity index (χ1n) is 8.53. The maximum absolute atomic E-state index is 12.6. The van der Waals surface area contributed by atoms with Crippen LogP contribution in [0.2, 0.25) is 0 Å². The number of nitrogens with zero attached hydrogens (tertiary/aromatic N) is 3. The number of carbonyl (C=O) groups is 1. The zero-order valence-electron chi connectivity index (χ0n) is 14.6. The lowest BCUT2D eigenvalue weighted by molar-refractivity contribution is -0.131. The Hall–Kier alpha value is -1.93. The Balaban J connectivity index is 1.69. The van der Waals surface area contributed by atoms with Gasteiger partial charge in [0, 0.05) is 30.7 Å². The SMILES string of the molecule is CCC[C@@H]1CN(C(=O)Cn2cc3ccccc3n2)C[C@H]1NS(C)(=O)=O. The molecule has 7 nitrogen and oxygen atoms in total. The smallest absolute Gasteiger partial charge is 0.244 e. The molecule has 2 heterocycles. The van der Waals surface area contributed by atoms with Gasteiger partial charge in [0.1, 0.15) is 6.54 Å². The van der Waals surface area contributed by atoms with Crippen LogP contribution in [-0.4, -0.2) is 54.4 Å². The standard InChI is InChI=1S/C17H24N4O3S/c1-3-6-13-9-20(11-16(13)19-25(2,23)24)17(22)12-21-10-14-7-4-5-8-15(14)18-21/h4-5,7-8,10,13,16,19H,3,6,9,11-12H2,1-2H3/t13-,16-/m1/s1. The van der Waals surface area contributed by atoms with E-state index < -0.39 is 10.0 Å². The first kappa shape index (κ1) is 17.9. The quantitative estimate of drug-likeness (QED) is 0.835. The molecule has 1 aliphatic heterocycles. The summed E-state index contributed by atoms with van der Waals surface area (Å²) in [7, 11) is -3.29. The molecule has 2 aromatic rings. The summed E-state index contributed by atoms with van der Waals surface area (Å²) < 4.78 is 27.5. The number of carbonyl (C=O) groups excluding carboxylic acids is 1. The molecule has 0 radical (unpaired) electrons. The highest BCUT2D eigenvalue weighted by Gasteiger charge is 2.36. The first-order valence-corrected chi connectivity index (χ1v) is 10.4. The van der Waals surface area contributed by atoms with Crippen molar-refractivity contribution in [1.29, 1.82) is 0 Å². The fourth-order valence-corrected chi connectivity index (χ4v) is 4.30. The summed E-state index contributed by atoms with van der Waals surface area (Å²) in [6, 6.07) is 7.51. The Bertz CT molecular complexity index is 829. The summed E-state index contributed by atoms with van der Waals surface area (Å²) in [5.74, 6) is 0.118. The first-order chi connectivity index (χ1) is 11.9. The van der Waals surface area contributed by atoms with E-state index in [0.717, 1.165) is 30.0 Å². The van der Waals surface area contributed by atoms with Crippen LogP contribution in [-0.2, 0) is 21.4 Å². The monoisotopic (exact) mass is 364 g/mol. The van der Waals surface area contributed by atoms with E-state index in [0.29, 0.717) is 13.1 Å². The third-order valence-corrected chi connectivity index (χ3v) is 5.31. The number of hydrogen-bond acceptors (Lipinski definition) is 4. The van der Waals surface area contributed by atoms with Crippen LogP contribution in [0.25, 0.3) is 10.9 Å². The third-order valence-electron chi connectivity index (χ3n) is 4.58. The van der Waals surface area contributed by atoms with E-state index in [9.17, 15) is 13.2 Å². The lowest BCUT2D eigenvalue weighted by atomic mass is 9.99. The molecule has 2 atom stereocenters. The van der Waals surface area contributed by atoms with Gasteiger partial charge in [0.25, 0.3) is 0 Å². The van der Waals surface area contributed by atoms with Crippen LogP contribution >= 0.6 is 0 Å². The Morgan fingerprint density at radius 2 is 2.08 bits per heavy atom. The van der Waals surface area contributed by atoms with Crippen molar-refractivity contribution in [2.45, 2.75) is 32.4 Å². The Labute approximate surface area is 148 Å². The van der Waals surface area contributed by atoms with Crippen LogP contribution in [0.1, 0.15) is 19.8 Å².